The van der Waals surface area contributed by atoms with Gasteiger partial charge in [-0.25, -0.2) is 4.79 Å². The lowest BCUT2D eigenvalue weighted by Gasteiger charge is -2.31. The summed E-state index contributed by atoms with van der Waals surface area (Å²) < 4.78 is 5.52. The Morgan fingerprint density at radius 2 is 2.17 bits per heavy atom. The molecule has 2 rings (SSSR count). The number of aromatic nitrogens is 2. The van der Waals surface area contributed by atoms with E-state index in [1.807, 2.05) is 18.7 Å². The molecular formula is C17H30N4O2. The minimum absolute atomic E-state index is 0.00935. The third-order valence-corrected chi connectivity index (χ3v) is 4.72. The van der Waals surface area contributed by atoms with Crippen molar-refractivity contribution >= 4 is 6.03 Å². The second-order valence-corrected chi connectivity index (χ2v) is 7.48. The fraction of sp³-hybridized carbons (Fsp3) is 0.765. The smallest absolute Gasteiger partial charge is 0.318 e. The predicted octanol–water partition coefficient (Wildman–Crippen LogP) is 2.93. The minimum atomic E-state index is -0.0150. The van der Waals surface area contributed by atoms with E-state index in [0.29, 0.717) is 6.54 Å². The number of ether oxygens (including phenoxy) is 1. The zero-order valence-corrected chi connectivity index (χ0v) is 15.2. The van der Waals surface area contributed by atoms with Gasteiger partial charge in [-0.05, 0) is 32.1 Å². The van der Waals surface area contributed by atoms with Gasteiger partial charge < -0.3 is 15.0 Å². The van der Waals surface area contributed by atoms with Crippen LogP contribution in [0.15, 0.2) is 0 Å². The van der Waals surface area contributed by atoms with Gasteiger partial charge in [-0.1, -0.05) is 20.8 Å². The van der Waals surface area contributed by atoms with Crippen molar-refractivity contribution < 1.29 is 9.53 Å². The number of amides is 2. The number of nitrogens with zero attached hydrogens (tertiary/aromatic N) is 2. The van der Waals surface area contributed by atoms with Crippen molar-refractivity contribution in [2.24, 2.45) is 5.41 Å². The van der Waals surface area contributed by atoms with Crippen LogP contribution >= 0.6 is 0 Å². The van der Waals surface area contributed by atoms with Gasteiger partial charge in [0.1, 0.15) is 0 Å². The van der Waals surface area contributed by atoms with E-state index in [4.69, 9.17) is 4.74 Å². The molecule has 2 amide bonds. The Bertz CT molecular complexity index is 528. The highest BCUT2D eigenvalue weighted by molar-refractivity contribution is 5.75. The van der Waals surface area contributed by atoms with Gasteiger partial charge in [0.25, 0.3) is 0 Å². The summed E-state index contributed by atoms with van der Waals surface area (Å²) in [7, 11) is 1.69. The molecule has 2 heterocycles. The van der Waals surface area contributed by atoms with Crippen molar-refractivity contribution in [3.05, 3.63) is 17.0 Å². The summed E-state index contributed by atoms with van der Waals surface area (Å²) in [5, 5.41) is 10.3. The monoisotopic (exact) mass is 322 g/mol. The lowest BCUT2D eigenvalue weighted by atomic mass is 9.89. The SMILES string of the molecule is CO[C@H](CNC(=O)N1CCC[C@H]1c1c(C)n[nH]c1C)C(C)(C)C. The highest BCUT2D eigenvalue weighted by atomic mass is 16.5. The topological polar surface area (TPSA) is 70.2 Å². The second kappa shape index (κ2) is 6.91. The van der Waals surface area contributed by atoms with Gasteiger partial charge >= 0.3 is 6.03 Å². The van der Waals surface area contributed by atoms with Crippen LogP contribution in [0.3, 0.4) is 0 Å². The van der Waals surface area contributed by atoms with Crippen LogP contribution in [-0.4, -0.2) is 47.4 Å². The van der Waals surface area contributed by atoms with E-state index >= 15 is 0 Å². The van der Waals surface area contributed by atoms with E-state index < -0.39 is 0 Å². The Morgan fingerprint density at radius 1 is 1.48 bits per heavy atom. The molecule has 1 aliphatic rings. The molecule has 0 bridgehead atoms. The maximum atomic E-state index is 12.6. The molecule has 0 aromatic carbocycles. The van der Waals surface area contributed by atoms with E-state index in [2.05, 4.69) is 36.3 Å². The fourth-order valence-corrected chi connectivity index (χ4v) is 3.39. The fourth-order valence-electron chi connectivity index (χ4n) is 3.39. The van der Waals surface area contributed by atoms with Gasteiger partial charge in [0.2, 0.25) is 0 Å². The van der Waals surface area contributed by atoms with E-state index in [1.54, 1.807) is 7.11 Å². The first-order valence-corrected chi connectivity index (χ1v) is 8.34. The van der Waals surface area contributed by atoms with Crippen molar-refractivity contribution in [3.63, 3.8) is 0 Å². The number of rotatable bonds is 4. The lowest BCUT2D eigenvalue weighted by molar-refractivity contribution is 0.0184. The summed E-state index contributed by atoms with van der Waals surface area (Å²) in [5.41, 5.74) is 3.19. The summed E-state index contributed by atoms with van der Waals surface area (Å²) in [6.45, 7) is 11.7. The molecule has 1 saturated heterocycles. The summed E-state index contributed by atoms with van der Waals surface area (Å²) >= 11 is 0. The van der Waals surface area contributed by atoms with Crippen LogP contribution in [0.2, 0.25) is 0 Å². The number of aromatic amines is 1. The number of hydrogen-bond donors (Lipinski definition) is 2. The Morgan fingerprint density at radius 3 is 2.70 bits per heavy atom. The first-order valence-electron chi connectivity index (χ1n) is 8.34. The molecule has 6 nitrogen and oxygen atoms in total. The number of aryl methyl sites for hydroxylation is 2. The molecule has 2 atom stereocenters. The van der Waals surface area contributed by atoms with Crippen molar-refractivity contribution in [1.29, 1.82) is 0 Å². The van der Waals surface area contributed by atoms with E-state index in [-0.39, 0.29) is 23.6 Å². The lowest BCUT2D eigenvalue weighted by Crippen LogP contribution is -2.46. The molecule has 0 aliphatic carbocycles. The molecule has 1 fully saturated rings. The third kappa shape index (κ3) is 3.86. The number of urea groups is 1. The van der Waals surface area contributed by atoms with Crippen LogP contribution in [0.1, 0.15) is 56.6 Å². The van der Waals surface area contributed by atoms with Gasteiger partial charge in [-0.15, -0.1) is 0 Å². The number of carbonyl (C=O) groups is 1. The molecule has 0 radical (unpaired) electrons. The highest BCUT2D eigenvalue weighted by Crippen LogP contribution is 2.34. The highest BCUT2D eigenvalue weighted by Gasteiger charge is 2.33. The Hall–Kier alpha value is -1.56. The number of nitrogens with one attached hydrogen (secondary N) is 2. The van der Waals surface area contributed by atoms with Crippen molar-refractivity contribution in [2.45, 2.75) is 59.6 Å². The molecule has 130 valence electrons. The molecule has 0 saturated carbocycles. The molecule has 0 spiro atoms. The Labute approximate surface area is 139 Å². The van der Waals surface area contributed by atoms with Gasteiger partial charge in [0.05, 0.1) is 17.8 Å². The first-order chi connectivity index (χ1) is 10.8. The number of methoxy groups -OCH3 is 1. The van der Waals surface area contributed by atoms with Gasteiger partial charge in [-0.2, -0.15) is 5.10 Å². The van der Waals surface area contributed by atoms with Crippen molar-refractivity contribution in [2.75, 3.05) is 20.2 Å². The Balaban J connectivity index is 2.04. The van der Waals surface area contributed by atoms with Crippen LogP contribution < -0.4 is 5.32 Å². The third-order valence-electron chi connectivity index (χ3n) is 4.72. The zero-order chi connectivity index (χ0) is 17.2. The summed E-state index contributed by atoms with van der Waals surface area (Å²) in [6.07, 6.45) is 2.00. The average molecular weight is 322 g/mol. The van der Waals surface area contributed by atoms with Crippen molar-refractivity contribution in [3.8, 4) is 0 Å². The minimum Gasteiger partial charge on any atom is -0.379 e. The Kier molecular flexibility index (Phi) is 5.34. The average Bonchev–Trinajstić information content (AvgIpc) is 3.04. The van der Waals surface area contributed by atoms with Gasteiger partial charge in [0.15, 0.2) is 0 Å². The molecule has 0 unspecified atom stereocenters. The maximum Gasteiger partial charge on any atom is 0.318 e. The number of likely N-dealkylation sites (tertiary alicyclic amines) is 1. The number of hydrogen-bond acceptors (Lipinski definition) is 3. The van der Waals surface area contributed by atoms with E-state index in [1.165, 1.54) is 0 Å². The normalized spacial score (nSPS) is 19.9. The molecule has 23 heavy (non-hydrogen) atoms. The first kappa shape index (κ1) is 17.8. The molecule has 1 aliphatic heterocycles. The summed E-state index contributed by atoms with van der Waals surface area (Å²) in [5.74, 6) is 0. The van der Waals surface area contributed by atoms with Crippen LogP contribution in [0.4, 0.5) is 4.79 Å². The quantitative estimate of drug-likeness (QED) is 0.895. The van der Waals surface area contributed by atoms with E-state index in [0.717, 1.165) is 36.3 Å². The summed E-state index contributed by atoms with van der Waals surface area (Å²) in [4.78, 5) is 14.6. The predicted molar refractivity (Wildman–Crippen MR) is 90.4 cm³/mol. The molecular weight excluding hydrogens is 292 g/mol. The molecule has 6 heteroatoms. The largest absolute Gasteiger partial charge is 0.379 e. The van der Waals surface area contributed by atoms with Crippen LogP contribution in [0.25, 0.3) is 0 Å². The number of H-pyrrole nitrogens is 1. The van der Waals surface area contributed by atoms with Gasteiger partial charge in [0, 0.05) is 31.5 Å². The standard InChI is InChI=1S/C17H30N4O2/c1-11-15(12(2)20-19-11)13-8-7-9-21(13)16(22)18-10-14(23-6)17(3,4)5/h13-14H,7-10H2,1-6H3,(H,18,22)(H,19,20)/t13-,14+/m0/s1. The van der Waals surface area contributed by atoms with Crippen LogP contribution in [-0.2, 0) is 4.74 Å². The van der Waals surface area contributed by atoms with Crippen LogP contribution in [0, 0.1) is 19.3 Å². The zero-order valence-electron chi connectivity index (χ0n) is 15.2. The van der Waals surface area contributed by atoms with Crippen molar-refractivity contribution in [1.82, 2.24) is 20.4 Å². The maximum absolute atomic E-state index is 12.6. The second-order valence-electron chi connectivity index (χ2n) is 7.48. The molecule has 2 N–H and O–H groups in total. The van der Waals surface area contributed by atoms with Crippen LogP contribution in [0.5, 0.6) is 0 Å². The number of carbonyl (C=O) groups excluding carboxylic acids is 1. The summed E-state index contributed by atoms with van der Waals surface area (Å²) in [6, 6.07) is 0.100. The molecule has 1 aromatic heterocycles. The molecule has 1 aromatic rings. The van der Waals surface area contributed by atoms with Gasteiger partial charge in [-0.3, -0.25) is 5.10 Å². The van der Waals surface area contributed by atoms with E-state index in [9.17, 15) is 4.79 Å².